The molecule has 0 spiro atoms. The van der Waals surface area contributed by atoms with E-state index in [1.54, 1.807) is 17.0 Å². The molecule has 2 heterocycles. The Morgan fingerprint density at radius 1 is 1.08 bits per heavy atom. The number of halogens is 1. The summed E-state index contributed by atoms with van der Waals surface area (Å²) in [5.74, 6) is -0.317. The van der Waals surface area contributed by atoms with Crippen LogP contribution in [0.1, 0.15) is 28.1 Å². The molecule has 4 rings (SSSR count). The van der Waals surface area contributed by atoms with Gasteiger partial charge < -0.3 is 9.88 Å². The summed E-state index contributed by atoms with van der Waals surface area (Å²) in [4.78, 5) is 18.2. The van der Waals surface area contributed by atoms with Gasteiger partial charge >= 0.3 is 0 Å². The van der Waals surface area contributed by atoms with Gasteiger partial charge in [0.05, 0.1) is 17.8 Å². The van der Waals surface area contributed by atoms with Gasteiger partial charge in [-0.3, -0.25) is 4.79 Å². The first-order valence-electron chi connectivity index (χ1n) is 8.56. The number of amides is 1. The minimum Gasteiger partial charge on any atom is -0.359 e. The summed E-state index contributed by atoms with van der Waals surface area (Å²) >= 11 is 0. The number of aromatic amines is 1. The van der Waals surface area contributed by atoms with Crippen LogP contribution in [-0.2, 0) is 11.3 Å². The molecule has 130 valence electrons. The first-order chi connectivity index (χ1) is 12.5. The van der Waals surface area contributed by atoms with Gasteiger partial charge in [-0.1, -0.05) is 30.3 Å². The summed E-state index contributed by atoms with van der Waals surface area (Å²) in [5.41, 5.74) is 6.49. The van der Waals surface area contributed by atoms with Crippen LogP contribution in [0.25, 0.3) is 11.6 Å². The second-order valence-electron chi connectivity index (χ2n) is 6.64. The number of para-hydroxylation sites is 1. The molecule has 4 heteroatoms. The van der Waals surface area contributed by atoms with Gasteiger partial charge in [0.25, 0.3) is 5.91 Å². The summed E-state index contributed by atoms with van der Waals surface area (Å²) in [5, 5.41) is 0. The number of fused-ring (bicyclic) bond motifs is 1. The van der Waals surface area contributed by atoms with E-state index in [2.05, 4.69) is 11.1 Å². The highest BCUT2D eigenvalue weighted by Gasteiger charge is 2.32. The van der Waals surface area contributed by atoms with E-state index in [0.717, 1.165) is 33.8 Å². The molecule has 1 amide bonds. The fourth-order valence-corrected chi connectivity index (χ4v) is 3.42. The number of hydrogen-bond donors (Lipinski definition) is 1. The van der Waals surface area contributed by atoms with Crippen molar-refractivity contribution in [3.63, 3.8) is 0 Å². The standard InChI is InChI=1S/C22H19FN2O/c1-14-11-15(2)24-20(14)12-19-18-5-3-4-6-21(18)25(22(19)26)13-16-7-9-17(23)10-8-16/h3-12,24H,13H2,1-2H3/b19-12-. The molecule has 1 aromatic heterocycles. The minimum atomic E-state index is -0.278. The summed E-state index contributed by atoms with van der Waals surface area (Å²) < 4.78 is 13.2. The Morgan fingerprint density at radius 3 is 2.50 bits per heavy atom. The SMILES string of the molecule is Cc1cc(C)c(/C=C2\C(=O)N(Cc3ccc(F)cc3)c3ccccc32)[nH]1. The molecule has 0 atom stereocenters. The number of hydrogen-bond acceptors (Lipinski definition) is 1. The van der Waals surface area contributed by atoms with Crippen molar-refractivity contribution in [3.05, 3.63) is 88.5 Å². The Morgan fingerprint density at radius 2 is 1.81 bits per heavy atom. The van der Waals surface area contributed by atoms with E-state index in [-0.39, 0.29) is 11.7 Å². The minimum absolute atomic E-state index is 0.0396. The van der Waals surface area contributed by atoms with Crippen molar-refractivity contribution in [1.29, 1.82) is 0 Å². The number of aromatic nitrogens is 1. The van der Waals surface area contributed by atoms with Crippen molar-refractivity contribution in [1.82, 2.24) is 4.98 Å². The van der Waals surface area contributed by atoms with E-state index in [4.69, 9.17) is 0 Å². The van der Waals surface area contributed by atoms with Crippen molar-refractivity contribution in [3.8, 4) is 0 Å². The van der Waals surface area contributed by atoms with Crippen LogP contribution < -0.4 is 4.90 Å². The van der Waals surface area contributed by atoms with Gasteiger partial charge in [-0.15, -0.1) is 0 Å². The van der Waals surface area contributed by atoms with Crippen LogP contribution in [0.15, 0.2) is 54.6 Å². The van der Waals surface area contributed by atoms with Gasteiger partial charge in [-0.2, -0.15) is 0 Å². The third-order valence-corrected chi connectivity index (χ3v) is 4.69. The van der Waals surface area contributed by atoms with Gasteiger partial charge in [0.1, 0.15) is 5.82 Å². The molecule has 1 N–H and O–H groups in total. The highest BCUT2D eigenvalue weighted by atomic mass is 19.1. The lowest BCUT2D eigenvalue weighted by Gasteiger charge is -2.17. The van der Waals surface area contributed by atoms with Gasteiger partial charge in [-0.05, 0) is 55.3 Å². The van der Waals surface area contributed by atoms with Gasteiger partial charge in [0.15, 0.2) is 0 Å². The Hall–Kier alpha value is -3.14. The van der Waals surface area contributed by atoms with Crippen LogP contribution in [0.4, 0.5) is 10.1 Å². The van der Waals surface area contributed by atoms with Gasteiger partial charge in [0.2, 0.25) is 0 Å². The average molecular weight is 346 g/mol. The van der Waals surface area contributed by atoms with Crippen molar-refractivity contribution in [2.75, 3.05) is 4.90 Å². The molecule has 0 radical (unpaired) electrons. The number of benzene rings is 2. The third-order valence-electron chi connectivity index (χ3n) is 4.69. The summed E-state index contributed by atoms with van der Waals surface area (Å²) in [7, 11) is 0. The number of rotatable bonds is 3. The van der Waals surface area contributed by atoms with Crippen molar-refractivity contribution < 1.29 is 9.18 Å². The van der Waals surface area contributed by atoms with E-state index < -0.39 is 0 Å². The number of H-pyrrole nitrogens is 1. The zero-order valence-electron chi connectivity index (χ0n) is 14.7. The maximum absolute atomic E-state index is 13.2. The molecule has 3 nitrogen and oxygen atoms in total. The molecule has 2 aromatic carbocycles. The number of aryl methyl sites for hydroxylation is 2. The predicted octanol–water partition coefficient (Wildman–Crippen LogP) is 4.86. The summed E-state index contributed by atoms with van der Waals surface area (Å²) in [6.07, 6.45) is 1.92. The quantitative estimate of drug-likeness (QED) is 0.676. The highest BCUT2D eigenvalue weighted by molar-refractivity contribution is 6.35. The fourth-order valence-electron chi connectivity index (χ4n) is 3.42. The highest BCUT2D eigenvalue weighted by Crippen LogP contribution is 2.38. The van der Waals surface area contributed by atoms with Crippen LogP contribution in [0.2, 0.25) is 0 Å². The zero-order chi connectivity index (χ0) is 18.3. The molecule has 0 bridgehead atoms. The normalized spacial score (nSPS) is 15.0. The molecular weight excluding hydrogens is 327 g/mol. The van der Waals surface area contributed by atoms with Crippen LogP contribution >= 0.6 is 0 Å². The molecule has 1 aliphatic heterocycles. The van der Waals surface area contributed by atoms with Gasteiger partial charge in [0, 0.05) is 17.0 Å². The predicted molar refractivity (Wildman–Crippen MR) is 102 cm³/mol. The number of nitrogens with one attached hydrogen (secondary N) is 1. The number of nitrogens with zero attached hydrogens (tertiary/aromatic N) is 1. The molecule has 0 unspecified atom stereocenters. The number of carbonyl (C=O) groups is 1. The van der Waals surface area contributed by atoms with E-state index in [1.165, 1.54) is 12.1 Å². The summed E-state index contributed by atoms with van der Waals surface area (Å²) in [6.45, 7) is 4.44. The smallest absolute Gasteiger partial charge is 0.259 e. The van der Waals surface area contributed by atoms with Crippen molar-refractivity contribution in [2.24, 2.45) is 0 Å². The number of anilines is 1. The molecule has 0 aliphatic carbocycles. The molecule has 0 fully saturated rings. The lowest BCUT2D eigenvalue weighted by atomic mass is 10.1. The Balaban J connectivity index is 1.75. The monoisotopic (exact) mass is 346 g/mol. The summed E-state index contributed by atoms with van der Waals surface area (Å²) in [6, 6.07) is 16.1. The second-order valence-corrected chi connectivity index (χ2v) is 6.64. The van der Waals surface area contributed by atoms with E-state index in [1.807, 2.05) is 44.2 Å². The Bertz CT molecular complexity index is 1010. The van der Waals surface area contributed by atoms with Crippen LogP contribution in [-0.4, -0.2) is 10.9 Å². The zero-order valence-corrected chi connectivity index (χ0v) is 14.7. The molecule has 1 aliphatic rings. The third kappa shape index (κ3) is 2.84. The maximum atomic E-state index is 13.2. The molecule has 3 aromatic rings. The van der Waals surface area contributed by atoms with E-state index in [0.29, 0.717) is 12.1 Å². The molecular formula is C22H19FN2O. The van der Waals surface area contributed by atoms with Crippen LogP contribution in [0, 0.1) is 19.7 Å². The van der Waals surface area contributed by atoms with E-state index >= 15 is 0 Å². The fraction of sp³-hybridized carbons (Fsp3) is 0.136. The number of carbonyl (C=O) groups excluding carboxylic acids is 1. The molecule has 0 saturated heterocycles. The van der Waals surface area contributed by atoms with Crippen LogP contribution in [0.5, 0.6) is 0 Å². The average Bonchev–Trinajstić information content (AvgIpc) is 3.08. The lowest BCUT2D eigenvalue weighted by Crippen LogP contribution is -2.25. The Labute approximate surface area is 151 Å². The van der Waals surface area contributed by atoms with E-state index in [9.17, 15) is 9.18 Å². The second kappa shape index (κ2) is 6.30. The molecule has 0 saturated carbocycles. The molecule has 26 heavy (non-hydrogen) atoms. The first-order valence-corrected chi connectivity index (χ1v) is 8.56. The van der Waals surface area contributed by atoms with Crippen LogP contribution in [0.3, 0.4) is 0 Å². The van der Waals surface area contributed by atoms with Crippen molar-refractivity contribution in [2.45, 2.75) is 20.4 Å². The largest absolute Gasteiger partial charge is 0.359 e. The first kappa shape index (κ1) is 16.3. The lowest BCUT2D eigenvalue weighted by molar-refractivity contribution is -0.113. The van der Waals surface area contributed by atoms with Crippen molar-refractivity contribution >= 4 is 23.2 Å². The Kier molecular flexibility index (Phi) is 3.96. The van der Waals surface area contributed by atoms with Gasteiger partial charge in [-0.25, -0.2) is 4.39 Å². The maximum Gasteiger partial charge on any atom is 0.259 e. The topological polar surface area (TPSA) is 36.1 Å².